The van der Waals surface area contributed by atoms with Crippen LogP contribution in [0.2, 0.25) is 0 Å². The largest absolute Gasteiger partial charge is 0.0885 e. The van der Waals surface area contributed by atoms with Gasteiger partial charge in [0.05, 0.1) is 0 Å². The quantitative estimate of drug-likeness (QED) is 0.235. The summed E-state index contributed by atoms with van der Waals surface area (Å²) in [6.45, 7) is 13.0. The molecule has 5 unspecified atom stereocenters. The molecule has 2 aromatic rings. The fourth-order valence-electron chi connectivity index (χ4n) is 9.34. The van der Waals surface area contributed by atoms with Crippen molar-refractivity contribution in [2.75, 3.05) is 0 Å². The van der Waals surface area contributed by atoms with Gasteiger partial charge >= 0.3 is 0 Å². The summed E-state index contributed by atoms with van der Waals surface area (Å²) >= 11 is 0. The van der Waals surface area contributed by atoms with Crippen LogP contribution in [0, 0.1) is 41.4 Å². The molecule has 308 valence electrons. The third-order valence-corrected chi connectivity index (χ3v) is 12.2. The lowest BCUT2D eigenvalue weighted by Crippen LogP contribution is -2.12. The maximum atomic E-state index is 2.43. The summed E-state index contributed by atoms with van der Waals surface area (Å²) in [5.74, 6) is 6.54. The fraction of sp³-hybridized carbons (Fsp3) is 0.607. The molecule has 0 saturated heterocycles. The molecule has 3 saturated carbocycles. The molecule has 0 aliphatic heterocycles. The normalized spacial score (nSPS) is 25.6. The van der Waals surface area contributed by atoms with Crippen molar-refractivity contribution in [2.45, 2.75) is 176 Å². The van der Waals surface area contributed by atoms with Gasteiger partial charge in [-0.05, 0) is 186 Å². The highest BCUT2D eigenvalue weighted by molar-refractivity contribution is 5.31. The van der Waals surface area contributed by atoms with Gasteiger partial charge in [0, 0.05) is 0 Å². The Morgan fingerprint density at radius 1 is 0.464 bits per heavy atom. The lowest BCUT2D eigenvalue weighted by molar-refractivity contribution is 0.304. The SMILES string of the molecule is C1=CC2CCC1C2.C1=CC2CCCC2=C1.C1=CC2CCCCC2C1.C1=CCCC1.CC(C)C.CC(C)C.c1ccc2c(c1)CCC2.c1ccc2c(c1)CCCC2. The van der Waals surface area contributed by atoms with E-state index in [1.165, 1.54) is 135 Å². The molecule has 3 fully saturated rings. The van der Waals surface area contributed by atoms with Gasteiger partial charge in [0.2, 0.25) is 0 Å². The smallest absolute Gasteiger partial charge is 0.00169 e. The van der Waals surface area contributed by atoms with Gasteiger partial charge in [-0.3, -0.25) is 0 Å². The third kappa shape index (κ3) is 18.2. The molecule has 9 aliphatic rings. The highest BCUT2D eigenvalue weighted by Crippen LogP contribution is 2.39. The van der Waals surface area contributed by atoms with E-state index >= 15 is 0 Å². The van der Waals surface area contributed by atoms with E-state index in [0.717, 1.165) is 41.4 Å². The van der Waals surface area contributed by atoms with E-state index in [4.69, 9.17) is 0 Å². The molecule has 56 heavy (non-hydrogen) atoms. The molecule has 0 heterocycles. The summed E-state index contributed by atoms with van der Waals surface area (Å²) in [5.41, 5.74) is 7.96. The lowest BCUT2D eigenvalue weighted by Gasteiger charge is -2.23. The van der Waals surface area contributed by atoms with Crippen molar-refractivity contribution in [2.24, 2.45) is 41.4 Å². The highest BCUT2D eigenvalue weighted by Gasteiger charge is 2.26. The van der Waals surface area contributed by atoms with Crippen LogP contribution in [0.3, 0.4) is 0 Å². The van der Waals surface area contributed by atoms with Gasteiger partial charge < -0.3 is 0 Å². The molecule has 0 spiro atoms. The zero-order valence-electron chi connectivity index (χ0n) is 37.2. The molecule has 5 atom stereocenters. The molecule has 0 N–H and O–H groups in total. The fourth-order valence-corrected chi connectivity index (χ4v) is 9.34. The third-order valence-electron chi connectivity index (χ3n) is 12.2. The Morgan fingerprint density at radius 3 is 1.41 bits per heavy atom. The van der Waals surface area contributed by atoms with Crippen LogP contribution in [0.1, 0.15) is 173 Å². The summed E-state index contributed by atoms with van der Waals surface area (Å²) in [4.78, 5) is 0. The van der Waals surface area contributed by atoms with Gasteiger partial charge in [-0.15, -0.1) is 0 Å². The van der Waals surface area contributed by atoms with Gasteiger partial charge in [-0.2, -0.15) is 0 Å². The highest BCUT2D eigenvalue weighted by atomic mass is 14.3. The van der Waals surface area contributed by atoms with E-state index in [1.54, 1.807) is 27.8 Å². The van der Waals surface area contributed by atoms with E-state index in [-0.39, 0.29) is 0 Å². The van der Waals surface area contributed by atoms with E-state index in [0.29, 0.717) is 0 Å². The Hall–Kier alpha value is -2.86. The Balaban J connectivity index is 0.000000145. The predicted octanol–water partition coefficient (Wildman–Crippen LogP) is 16.8. The summed E-state index contributed by atoms with van der Waals surface area (Å²) in [6, 6.07) is 17.5. The monoisotopic (exact) mass is 757 g/mol. The van der Waals surface area contributed by atoms with Crippen molar-refractivity contribution in [3.63, 3.8) is 0 Å². The first-order valence-corrected chi connectivity index (χ1v) is 23.8. The average Bonchev–Trinajstić information content (AvgIpc) is 4.06. The van der Waals surface area contributed by atoms with Crippen LogP contribution in [0.15, 0.2) is 109 Å². The van der Waals surface area contributed by atoms with Crippen LogP contribution >= 0.6 is 0 Å². The van der Waals surface area contributed by atoms with Gasteiger partial charge in [-0.1, -0.05) is 163 Å². The minimum Gasteiger partial charge on any atom is -0.0885 e. The van der Waals surface area contributed by atoms with Crippen LogP contribution < -0.4 is 0 Å². The van der Waals surface area contributed by atoms with Gasteiger partial charge in [0.25, 0.3) is 0 Å². The van der Waals surface area contributed by atoms with Crippen molar-refractivity contribution in [1.82, 2.24) is 0 Å². The molecule has 2 bridgehead atoms. The average molecular weight is 757 g/mol. The maximum Gasteiger partial charge on any atom is -0.00169 e. The number of allylic oxidation sites excluding steroid dienone is 10. The van der Waals surface area contributed by atoms with Crippen molar-refractivity contribution < 1.29 is 0 Å². The van der Waals surface area contributed by atoms with Crippen molar-refractivity contribution >= 4 is 0 Å². The molecule has 0 radical (unpaired) electrons. The molecule has 2 aromatic carbocycles. The first-order chi connectivity index (χ1) is 27.3. The number of hydrogen-bond acceptors (Lipinski definition) is 0. The van der Waals surface area contributed by atoms with Crippen LogP contribution in [0.4, 0.5) is 0 Å². The zero-order chi connectivity index (χ0) is 39.8. The molecule has 9 aliphatic carbocycles. The molecule has 11 rings (SSSR count). The molecule has 0 nitrogen and oxygen atoms in total. The molecule has 0 amide bonds. The lowest BCUT2D eigenvalue weighted by atomic mass is 9.82. The molecular weight excluding hydrogens is 673 g/mol. The summed E-state index contributed by atoms with van der Waals surface area (Å²) in [6.07, 6.45) is 50.1. The second-order valence-electron chi connectivity index (χ2n) is 19.2. The topological polar surface area (TPSA) is 0 Å². The molecule has 0 heteroatoms. The van der Waals surface area contributed by atoms with Crippen molar-refractivity contribution in [1.29, 1.82) is 0 Å². The minimum absolute atomic E-state index is 0.833. The summed E-state index contributed by atoms with van der Waals surface area (Å²) < 4.78 is 0. The zero-order valence-corrected chi connectivity index (χ0v) is 37.2. The number of benzene rings is 2. The first kappa shape index (κ1) is 45.8. The standard InChI is InChI=1S/C10H12.C9H14.C9H10.C8H10.C7H10.C5H8.2C4H10/c1-2-6-10-8-4-3-7-9(10)5-1;2*1-2-5-9-7-3-6-8(9)4-1;1-3-7-5-2-6-8(7)4-1;1-2-7-4-3-6(1)5-7;1-2-4-5-3-1;2*1-4(2)3/h1-2,5-6H,3-4,7-8H2;3,6,8-9H,1-2,4-5,7H2;1-2,4-5H,3,6-7H2;1,3-4,7H,2,5-6H2;1-2,6-7H,3-5H2;1-2H,3-5H2;2*4H,1-3H3. The Bertz CT molecular complexity index is 1410. The molecule has 0 aromatic heterocycles. The van der Waals surface area contributed by atoms with Crippen LogP contribution in [0.25, 0.3) is 0 Å². The Morgan fingerprint density at radius 2 is 0.982 bits per heavy atom. The minimum atomic E-state index is 0.833. The number of hydrogen-bond donors (Lipinski definition) is 0. The number of fused-ring (bicyclic) bond motifs is 6. The summed E-state index contributed by atoms with van der Waals surface area (Å²) in [7, 11) is 0. The Labute approximate surface area is 347 Å². The second kappa shape index (κ2) is 26.9. The van der Waals surface area contributed by atoms with E-state index in [1.807, 2.05) is 0 Å². The second-order valence-corrected chi connectivity index (χ2v) is 19.2. The number of rotatable bonds is 0. The van der Waals surface area contributed by atoms with E-state index in [2.05, 4.69) is 145 Å². The Kier molecular flexibility index (Phi) is 22.1. The number of aryl methyl sites for hydroxylation is 4. The van der Waals surface area contributed by atoms with Crippen molar-refractivity contribution in [3.8, 4) is 0 Å². The van der Waals surface area contributed by atoms with Crippen LogP contribution in [0.5, 0.6) is 0 Å². The molecular formula is C56H84. The maximum absolute atomic E-state index is 2.43. The van der Waals surface area contributed by atoms with Crippen molar-refractivity contribution in [3.05, 3.63) is 131 Å². The van der Waals surface area contributed by atoms with Crippen LogP contribution in [-0.2, 0) is 25.7 Å². The van der Waals surface area contributed by atoms with E-state index in [9.17, 15) is 0 Å². The first-order valence-electron chi connectivity index (χ1n) is 23.8. The predicted molar refractivity (Wildman–Crippen MR) is 249 cm³/mol. The van der Waals surface area contributed by atoms with Crippen LogP contribution in [-0.4, -0.2) is 0 Å². The summed E-state index contributed by atoms with van der Waals surface area (Å²) in [5, 5.41) is 0. The van der Waals surface area contributed by atoms with Gasteiger partial charge in [0.15, 0.2) is 0 Å². The van der Waals surface area contributed by atoms with Gasteiger partial charge in [-0.25, -0.2) is 0 Å². The van der Waals surface area contributed by atoms with E-state index < -0.39 is 0 Å². The van der Waals surface area contributed by atoms with Gasteiger partial charge in [0.1, 0.15) is 0 Å².